The Bertz CT molecular complexity index is 407. The van der Waals surface area contributed by atoms with E-state index in [0.29, 0.717) is 6.04 Å². The lowest BCUT2D eigenvalue weighted by Gasteiger charge is -2.13. The first-order chi connectivity index (χ1) is 7.34. The minimum absolute atomic E-state index is 0.397. The SMILES string of the molecule is Clc1ccccc1C1CC(C2CC2)=CN1. The monoisotopic (exact) mass is 219 g/mol. The van der Waals surface area contributed by atoms with Gasteiger partial charge in [-0.3, -0.25) is 0 Å². The highest BCUT2D eigenvalue weighted by Crippen LogP contribution is 2.43. The zero-order valence-corrected chi connectivity index (χ0v) is 9.30. The Labute approximate surface area is 95.1 Å². The molecule has 1 aliphatic carbocycles. The van der Waals surface area contributed by atoms with Gasteiger partial charge in [0.25, 0.3) is 0 Å². The lowest BCUT2D eigenvalue weighted by Crippen LogP contribution is -2.09. The van der Waals surface area contributed by atoms with E-state index in [9.17, 15) is 0 Å². The maximum absolute atomic E-state index is 6.18. The summed E-state index contributed by atoms with van der Waals surface area (Å²) in [5, 5.41) is 4.31. The van der Waals surface area contributed by atoms with Gasteiger partial charge in [-0.2, -0.15) is 0 Å². The molecule has 1 nitrogen and oxygen atoms in total. The van der Waals surface area contributed by atoms with Crippen LogP contribution < -0.4 is 5.32 Å². The van der Waals surface area contributed by atoms with Gasteiger partial charge in [-0.1, -0.05) is 29.8 Å². The second-order valence-corrected chi connectivity index (χ2v) is 4.85. The molecule has 0 aromatic heterocycles. The fraction of sp³-hybridized carbons (Fsp3) is 0.385. The van der Waals surface area contributed by atoms with Gasteiger partial charge in [-0.05, 0) is 48.6 Å². The molecule has 2 heteroatoms. The maximum atomic E-state index is 6.18. The molecule has 1 unspecified atom stereocenters. The number of rotatable bonds is 2. The quantitative estimate of drug-likeness (QED) is 0.801. The van der Waals surface area contributed by atoms with Gasteiger partial charge in [0.15, 0.2) is 0 Å². The molecule has 0 saturated heterocycles. The molecule has 1 aliphatic heterocycles. The van der Waals surface area contributed by atoms with Crippen molar-refractivity contribution in [3.05, 3.63) is 46.6 Å². The largest absolute Gasteiger partial charge is 0.384 e. The van der Waals surface area contributed by atoms with Crippen molar-refractivity contribution < 1.29 is 0 Å². The van der Waals surface area contributed by atoms with E-state index in [0.717, 1.165) is 17.4 Å². The average molecular weight is 220 g/mol. The molecule has 1 N–H and O–H groups in total. The van der Waals surface area contributed by atoms with E-state index in [4.69, 9.17) is 11.6 Å². The second kappa shape index (κ2) is 3.57. The third kappa shape index (κ3) is 1.76. The van der Waals surface area contributed by atoms with Crippen molar-refractivity contribution in [2.45, 2.75) is 25.3 Å². The fourth-order valence-corrected chi connectivity index (χ4v) is 2.52. The number of halogens is 1. The molecule has 78 valence electrons. The van der Waals surface area contributed by atoms with E-state index in [1.54, 1.807) is 5.57 Å². The van der Waals surface area contributed by atoms with E-state index < -0.39 is 0 Å². The van der Waals surface area contributed by atoms with Crippen LogP contribution in [-0.4, -0.2) is 0 Å². The molecule has 0 spiro atoms. The normalized spacial score (nSPS) is 24.9. The highest BCUT2D eigenvalue weighted by molar-refractivity contribution is 6.31. The third-order valence-corrected chi connectivity index (χ3v) is 3.64. The van der Waals surface area contributed by atoms with Crippen LogP contribution in [0.5, 0.6) is 0 Å². The molecule has 3 rings (SSSR count). The molecular formula is C13H14ClN. The predicted molar refractivity (Wildman–Crippen MR) is 62.8 cm³/mol. The van der Waals surface area contributed by atoms with Gasteiger partial charge < -0.3 is 5.32 Å². The summed E-state index contributed by atoms with van der Waals surface area (Å²) in [6, 6.07) is 8.51. The van der Waals surface area contributed by atoms with Gasteiger partial charge >= 0.3 is 0 Å². The van der Waals surface area contributed by atoms with Gasteiger partial charge in [0, 0.05) is 5.02 Å². The van der Waals surface area contributed by atoms with Crippen LogP contribution in [0.25, 0.3) is 0 Å². The molecule has 1 aromatic rings. The standard InChI is InChI=1S/C13H14ClN/c14-12-4-2-1-3-11(12)13-7-10(8-15-13)9-5-6-9/h1-4,8-9,13,15H,5-7H2. The van der Waals surface area contributed by atoms with Crippen LogP contribution in [0, 0.1) is 5.92 Å². The summed E-state index contributed by atoms with van der Waals surface area (Å²) in [6.07, 6.45) is 6.09. The van der Waals surface area contributed by atoms with Crippen molar-refractivity contribution in [2.24, 2.45) is 5.92 Å². The van der Waals surface area contributed by atoms with E-state index >= 15 is 0 Å². The van der Waals surface area contributed by atoms with Crippen LogP contribution in [0.3, 0.4) is 0 Å². The molecule has 1 atom stereocenters. The first kappa shape index (κ1) is 9.29. The van der Waals surface area contributed by atoms with E-state index in [-0.39, 0.29) is 0 Å². The van der Waals surface area contributed by atoms with Crippen molar-refractivity contribution in [1.82, 2.24) is 5.32 Å². The van der Waals surface area contributed by atoms with Crippen LogP contribution in [0.1, 0.15) is 30.9 Å². The van der Waals surface area contributed by atoms with Crippen LogP contribution in [0.15, 0.2) is 36.0 Å². The number of hydrogen-bond donors (Lipinski definition) is 1. The summed E-state index contributed by atoms with van der Waals surface area (Å²) in [7, 11) is 0. The molecule has 15 heavy (non-hydrogen) atoms. The summed E-state index contributed by atoms with van der Waals surface area (Å²) in [4.78, 5) is 0. The van der Waals surface area contributed by atoms with E-state index in [2.05, 4.69) is 23.6 Å². The van der Waals surface area contributed by atoms with E-state index in [1.807, 2.05) is 12.1 Å². The first-order valence-electron chi connectivity index (χ1n) is 5.54. The van der Waals surface area contributed by atoms with Gasteiger partial charge in [0.2, 0.25) is 0 Å². The number of nitrogens with one attached hydrogen (secondary N) is 1. The summed E-state index contributed by atoms with van der Waals surface area (Å²) in [5.41, 5.74) is 2.81. The maximum Gasteiger partial charge on any atom is 0.0560 e. The lowest BCUT2D eigenvalue weighted by molar-refractivity contribution is 0.657. The summed E-state index contributed by atoms with van der Waals surface area (Å²) < 4.78 is 0. The summed E-state index contributed by atoms with van der Waals surface area (Å²) >= 11 is 6.18. The molecule has 1 fully saturated rings. The highest BCUT2D eigenvalue weighted by Gasteiger charge is 2.31. The topological polar surface area (TPSA) is 12.0 Å². The first-order valence-corrected chi connectivity index (χ1v) is 5.92. The van der Waals surface area contributed by atoms with Gasteiger partial charge in [-0.25, -0.2) is 0 Å². The van der Waals surface area contributed by atoms with Crippen molar-refractivity contribution in [3.63, 3.8) is 0 Å². The highest BCUT2D eigenvalue weighted by atomic mass is 35.5. The smallest absolute Gasteiger partial charge is 0.0560 e. The Balaban J connectivity index is 1.78. The molecule has 1 saturated carbocycles. The Morgan fingerprint density at radius 2 is 2.00 bits per heavy atom. The molecule has 2 aliphatic rings. The minimum Gasteiger partial charge on any atom is -0.384 e. The van der Waals surface area contributed by atoms with E-state index in [1.165, 1.54) is 18.4 Å². The summed E-state index contributed by atoms with van der Waals surface area (Å²) in [5.74, 6) is 0.866. The summed E-state index contributed by atoms with van der Waals surface area (Å²) in [6.45, 7) is 0. The minimum atomic E-state index is 0.397. The number of benzene rings is 1. The Morgan fingerprint density at radius 1 is 1.20 bits per heavy atom. The Kier molecular flexibility index (Phi) is 2.21. The lowest BCUT2D eigenvalue weighted by atomic mass is 10.0. The van der Waals surface area contributed by atoms with Gasteiger partial charge in [-0.15, -0.1) is 0 Å². The van der Waals surface area contributed by atoms with Gasteiger partial charge in [0.05, 0.1) is 6.04 Å². The van der Waals surface area contributed by atoms with Gasteiger partial charge in [0.1, 0.15) is 0 Å². The van der Waals surface area contributed by atoms with Crippen LogP contribution in [0.4, 0.5) is 0 Å². The third-order valence-electron chi connectivity index (χ3n) is 3.29. The van der Waals surface area contributed by atoms with Crippen molar-refractivity contribution in [3.8, 4) is 0 Å². The van der Waals surface area contributed by atoms with Crippen LogP contribution in [0.2, 0.25) is 5.02 Å². The Morgan fingerprint density at radius 3 is 2.73 bits per heavy atom. The average Bonchev–Trinajstić information content (AvgIpc) is 2.99. The molecule has 1 heterocycles. The second-order valence-electron chi connectivity index (χ2n) is 4.44. The van der Waals surface area contributed by atoms with Crippen LogP contribution in [-0.2, 0) is 0 Å². The zero-order valence-electron chi connectivity index (χ0n) is 8.54. The molecular weight excluding hydrogens is 206 g/mol. The Hall–Kier alpha value is -0.950. The van der Waals surface area contributed by atoms with Crippen molar-refractivity contribution in [1.29, 1.82) is 0 Å². The predicted octanol–water partition coefficient (Wildman–Crippen LogP) is 3.67. The molecule has 0 amide bonds. The van der Waals surface area contributed by atoms with Crippen LogP contribution >= 0.6 is 11.6 Å². The number of hydrogen-bond acceptors (Lipinski definition) is 1. The molecule has 0 bridgehead atoms. The van der Waals surface area contributed by atoms with Crippen molar-refractivity contribution >= 4 is 11.6 Å². The van der Waals surface area contributed by atoms with Crippen molar-refractivity contribution in [2.75, 3.05) is 0 Å². The molecule has 1 aromatic carbocycles. The zero-order chi connectivity index (χ0) is 10.3. The fourth-order valence-electron chi connectivity index (χ4n) is 2.26. The molecule has 0 radical (unpaired) electrons.